The minimum absolute atomic E-state index is 0.0257. The second-order valence-corrected chi connectivity index (χ2v) is 8.67. The second kappa shape index (κ2) is 7.70. The molecule has 27 heavy (non-hydrogen) atoms. The molecule has 0 saturated heterocycles. The molecule has 0 bridgehead atoms. The van der Waals surface area contributed by atoms with Crippen LogP contribution in [0.5, 0.6) is 11.5 Å². The van der Waals surface area contributed by atoms with Crippen LogP contribution in [-0.4, -0.2) is 20.0 Å². The van der Waals surface area contributed by atoms with Crippen molar-refractivity contribution in [3.05, 3.63) is 33.5 Å². The number of allylic oxidation sites excluding steroid dienone is 2. The lowest BCUT2D eigenvalue weighted by Crippen LogP contribution is -2.21. The number of Topliss-reactive ketones (excluding diaryl/α,β-unsaturated/α-hetero) is 1. The summed E-state index contributed by atoms with van der Waals surface area (Å²) in [5, 5.41) is 0.816. The van der Waals surface area contributed by atoms with Gasteiger partial charge >= 0.3 is 0 Å². The van der Waals surface area contributed by atoms with Crippen molar-refractivity contribution in [3.63, 3.8) is 0 Å². The Kier molecular flexibility index (Phi) is 5.71. The van der Waals surface area contributed by atoms with Gasteiger partial charge in [0.05, 0.1) is 14.2 Å². The van der Waals surface area contributed by atoms with Gasteiger partial charge in [0.2, 0.25) is 0 Å². The number of carbonyl (C=O) groups is 1. The number of ether oxygens (including phenoxy) is 2. The van der Waals surface area contributed by atoms with Crippen molar-refractivity contribution >= 4 is 32.7 Å². The molecule has 0 aliphatic heterocycles. The monoisotopic (exact) mass is 434 g/mol. The smallest absolute Gasteiger partial charge is 0.198 e. The highest BCUT2D eigenvalue weighted by Crippen LogP contribution is 2.44. The van der Waals surface area contributed by atoms with Crippen LogP contribution in [0.3, 0.4) is 0 Å². The van der Waals surface area contributed by atoms with Crippen LogP contribution in [0.4, 0.5) is 0 Å². The topological polar surface area (TPSA) is 48.7 Å². The van der Waals surface area contributed by atoms with E-state index in [1.54, 1.807) is 20.3 Å². The van der Waals surface area contributed by atoms with E-state index < -0.39 is 0 Å². The van der Waals surface area contributed by atoms with Crippen LogP contribution >= 0.6 is 15.9 Å². The number of methoxy groups -OCH3 is 2. The molecule has 1 aliphatic rings. The van der Waals surface area contributed by atoms with E-state index in [9.17, 15) is 4.79 Å². The maximum Gasteiger partial charge on any atom is 0.198 e. The quantitative estimate of drug-likeness (QED) is 0.374. The molecule has 4 nitrogen and oxygen atoms in total. The first-order valence-corrected chi connectivity index (χ1v) is 10.1. The molecule has 1 aromatic heterocycles. The molecule has 1 heterocycles. The van der Waals surface area contributed by atoms with Gasteiger partial charge in [-0.15, -0.1) is 0 Å². The number of hydrogen-bond acceptors (Lipinski definition) is 4. The largest absolute Gasteiger partial charge is 0.493 e. The van der Waals surface area contributed by atoms with Gasteiger partial charge in [-0.25, -0.2) is 0 Å². The van der Waals surface area contributed by atoms with E-state index in [0.29, 0.717) is 33.7 Å². The van der Waals surface area contributed by atoms with E-state index >= 15 is 0 Å². The molecule has 2 aromatic rings. The van der Waals surface area contributed by atoms with Crippen LogP contribution in [-0.2, 0) is 0 Å². The average Bonchev–Trinajstić information content (AvgIpc) is 3.05. The lowest BCUT2D eigenvalue weighted by Gasteiger charge is -2.34. The Hall–Kier alpha value is -1.75. The van der Waals surface area contributed by atoms with Gasteiger partial charge in [-0.1, -0.05) is 25.0 Å². The lowest BCUT2D eigenvalue weighted by molar-refractivity contribution is 0.0956. The van der Waals surface area contributed by atoms with E-state index in [4.69, 9.17) is 13.9 Å². The Morgan fingerprint density at radius 1 is 1.26 bits per heavy atom. The van der Waals surface area contributed by atoms with Gasteiger partial charge < -0.3 is 13.9 Å². The maximum absolute atomic E-state index is 12.8. The Morgan fingerprint density at radius 3 is 2.63 bits per heavy atom. The maximum atomic E-state index is 12.8. The van der Waals surface area contributed by atoms with Gasteiger partial charge in [0, 0.05) is 11.8 Å². The van der Waals surface area contributed by atoms with E-state index in [0.717, 1.165) is 18.2 Å². The number of hydrogen-bond donors (Lipinski definition) is 0. The first-order chi connectivity index (χ1) is 12.8. The second-order valence-electron chi connectivity index (χ2n) is 7.87. The molecule has 5 heteroatoms. The summed E-state index contributed by atoms with van der Waals surface area (Å²) >= 11 is 3.50. The summed E-state index contributed by atoms with van der Waals surface area (Å²) in [4.78, 5) is 12.8. The van der Waals surface area contributed by atoms with Gasteiger partial charge in [-0.2, -0.15) is 0 Å². The van der Waals surface area contributed by atoms with Gasteiger partial charge in [0.25, 0.3) is 0 Å². The number of carbonyl (C=O) groups excluding carboxylic acids is 1. The van der Waals surface area contributed by atoms with Crippen molar-refractivity contribution in [2.24, 2.45) is 5.41 Å². The zero-order valence-electron chi connectivity index (χ0n) is 16.7. The Labute approximate surface area is 169 Å². The third kappa shape index (κ3) is 3.79. The molecule has 3 rings (SSSR count). The predicted molar refractivity (Wildman–Crippen MR) is 111 cm³/mol. The number of rotatable bonds is 6. The number of furan rings is 1. The summed E-state index contributed by atoms with van der Waals surface area (Å²) in [5.74, 6) is 1.56. The summed E-state index contributed by atoms with van der Waals surface area (Å²) in [5.41, 5.74) is 3.66. The first kappa shape index (κ1) is 20.0. The van der Waals surface area contributed by atoms with Crippen molar-refractivity contribution in [1.29, 1.82) is 0 Å². The fraction of sp³-hybridized carbons (Fsp3) is 0.500. The minimum atomic E-state index is 0.0257. The molecule has 1 aliphatic carbocycles. The van der Waals surface area contributed by atoms with E-state index in [-0.39, 0.29) is 11.2 Å². The van der Waals surface area contributed by atoms with Crippen molar-refractivity contribution in [1.82, 2.24) is 0 Å². The van der Waals surface area contributed by atoms with Crippen molar-refractivity contribution in [2.45, 2.75) is 52.9 Å². The third-order valence-electron chi connectivity index (χ3n) is 5.66. The average molecular weight is 435 g/mol. The van der Waals surface area contributed by atoms with Crippen molar-refractivity contribution in [3.8, 4) is 11.5 Å². The highest BCUT2D eigenvalue weighted by Gasteiger charge is 2.29. The molecule has 0 fully saturated rings. The summed E-state index contributed by atoms with van der Waals surface area (Å²) < 4.78 is 17.3. The molecule has 0 saturated carbocycles. The van der Waals surface area contributed by atoms with Gasteiger partial charge in [0.15, 0.2) is 28.6 Å². The molecular formula is C22H27BrO4. The van der Waals surface area contributed by atoms with Crippen LogP contribution in [0, 0.1) is 5.41 Å². The minimum Gasteiger partial charge on any atom is -0.493 e. The third-order valence-corrected chi connectivity index (χ3v) is 6.38. The van der Waals surface area contributed by atoms with E-state index in [2.05, 4.69) is 36.7 Å². The zero-order chi connectivity index (χ0) is 19.8. The summed E-state index contributed by atoms with van der Waals surface area (Å²) in [6.07, 6.45) is 4.82. The summed E-state index contributed by atoms with van der Waals surface area (Å²) in [7, 11) is 3.16. The normalized spacial score (nSPS) is 16.7. The number of ketones is 1. The Balaban J connectivity index is 1.85. The standard InChI is InChI=1S/C22H27BrO4/c1-13-7-6-10-22(2,3)15(13)8-9-16(24)17-11-14-12-18(25-4)21(26-5)19(23)20(14)27-17/h11-12H,6-10H2,1-5H3. The Morgan fingerprint density at radius 2 is 2.00 bits per heavy atom. The summed E-state index contributed by atoms with van der Waals surface area (Å²) in [6.45, 7) is 6.77. The van der Waals surface area contributed by atoms with Crippen LogP contribution in [0.2, 0.25) is 0 Å². The lowest BCUT2D eigenvalue weighted by atomic mass is 9.71. The van der Waals surface area contributed by atoms with Gasteiger partial charge in [0.1, 0.15) is 4.47 Å². The highest BCUT2D eigenvalue weighted by molar-refractivity contribution is 9.10. The van der Waals surface area contributed by atoms with E-state index in [1.807, 2.05) is 6.07 Å². The van der Waals surface area contributed by atoms with Gasteiger partial charge in [-0.05, 0) is 66.1 Å². The van der Waals surface area contributed by atoms with E-state index in [1.165, 1.54) is 24.0 Å². The van der Waals surface area contributed by atoms with Crippen LogP contribution < -0.4 is 9.47 Å². The van der Waals surface area contributed by atoms with Crippen LogP contribution in [0.25, 0.3) is 11.0 Å². The van der Waals surface area contributed by atoms with Crippen LogP contribution in [0.1, 0.15) is 63.4 Å². The first-order valence-electron chi connectivity index (χ1n) is 9.35. The Bertz CT molecular complexity index is 905. The van der Waals surface area contributed by atoms with Crippen LogP contribution in [0.15, 0.2) is 32.2 Å². The molecule has 0 N–H and O–H groups in total. The summed E-state index contributed by atoms with van der Waals surface area (Å²) in [6, 6.07) is 3.62. The molecule has 1 aromatic carbocycles. The number of halogens is 1. The molecule has 0 spiro atoms. The fourth-order valence-corrected chi connectivity index (χ4v) is 4.84. The predicted octanol–water partition coefficient (Wildman–Crippen LogP) is 6.70. The molecule has 0 atom stereocenters. The number of benzene rings is 1. The highest BCUT2D eigenvalue weighted by atomic mass is 79.9. The molecule has 0 amide bonds. The number of fused-ring (bicyclic) bond motifs is 1. The molecule has 0 unspecified atom stereocenters. The molecule has 0 radical (unpaired) electrons. The van der Waals surface area contributed by atoms with Gasteiger partial charge in [-0.3, -0.25) is 4.79 Å². The fourth-order valence-electron chi connectivity index (χ4n) is 4.17. The van der Waals surface area contributed by atoms with Crippen molar-refractivity contribution < 1.29 is 18.7 Å². The SMILES string of the molecule is COc1cc2cc(C(=O)CCC3=C(C)CCCC3(C)C)oc2c(Br)c1OC. The molecular weight excluding hydrogens is 408 g/mol. The molecule has 146 valence electrons. The zero-order valence-corrected chi connectivity index (χ0v) is 18.3. The van der Waals surface area contributed by atoms with Crippen molar-refractivity contribution in [2.75, 3.05) is 14.2 Å².